The number of carbonyl (C=O) groups excluding carboxylic acids is 2. The molecule has 2 aromatic rings. The molecule has 28 heavy (non-hydrogen) atoms. The first kappa shape index (κ1) is 19.8. The topological polar surface area (TPSA) is 105 Å². The lowest BCUT2D eigenvalue weighted by atomic mass is 10.1. The Bertz CT molecular complexity index is 992. The van der Waals surface area contributed by atoms with Crippen LogP contribution in [-0.2, 0) is 19.6 Å². The Kier molecular flexibility index (Phi) is 5.66. The number of sulfonamides is 1. The van der Waals surface area contributed by atoms with E-state index in [0.29, 0.717) is 5.75 Å². The molecule has 0 saturated heterocycles. The summed E-state index contributed by atoms with van der Waals surface area (Å²) in [5.41, 5.74) is 1.21. The molecular formula is C19H21N3O5S. The molecule has 1 unspecified atom stereocenters. The van der Waals surface area contributed by atoms with Crippen LogP contribution in [0.25, 0.3) is 0 Å². The van der Waals surface area contributed by atoms with Crippen LogP contribution in [0.15, 0.2) is 53.4 Å². The summed E-state index contributed by atoms with van der Waals surface area (Å²) in [6.45, 7) is 1.38. The van der Waals surface area contributed by atoms with Gasteiger partial charge in [0, 0.05) is 7.05 Å². The predicted octanol–water partition coefficient (Wildman–Crippen LogP) is 1.52. The molecule has 8 nitrogen and oxygen atoms in total. The van der Waals surface area contributed by atoms with Crippen molar-refractivity contribution in [2.45, 2.75) is 17.9 Å². The maximum absolute atomic E-state index is 12.8. The minimum atomic E-state index is -3.92. The summed E-state index contributed by atoms with van der Waals surface area (Å²) in [5.74, 6) is -0.377. The van der Waals surface area contributed by atoms with Crippen molar-refractivity contribution >= 4 is 27.5 Å². The molecule has 0 spiro atoms. The zero-order valence-corrected chi connectivity index (χ0v) is 16.3. The molecule has 1 atom stereocenters. The Morgan fingerprint density at radius 3 is 2.68 bits per heavy atom. The number of fused-ring (bicyclic) bond motifs is 1. The summed E-state index contributed by atoms with van der Waals surface area (Å²) in [6.07, 6.45) is 0. The molecule has 2 N–H and O–H groups in total. The number of hydrogen-bond acceptors (Lipinski definition) is 5. The van der Waals surface area contributed by atoms with Crippen molar-refractivity contribution in [3.63, 3.8) is 0 Å². The van der Waals surface area contributed by atoms with Crippen LogP contribution in [0.1, 0.15) is 18.5 Å². The first-order valence-electron chi connectivity index (χ1n) is 8.65. The lowest BCUT2D eigenvalue weighted by Gasteiger charge is -2.21. The monoisotopic (exact) mass is 403 g/mol. The van der Waals surface area contributed by atoms with Gasteiger partial charge in [-0.05, 0) is 30.7 Å². The van der Waals surface area contributed by atoms with E-state index in [-0.39, 0.29) is 35.7 Å². The third kappa shape index (κ3) is 4.32. The number of ether oxygens (including phenoxy) is 1. The van der Waals surface area contributed by atoms with Gasteiger partial charge in [0.1, 0.15) is 5.75 Å². The Morgan fingerprint density at radius 1 is 1.25 bits per heavy atom. The SMILES string of the molecule is CC(NC(=O)CN(C)S(=O)(=O)c1ccc2c(c1)NC(=O)CO2)c1ccccc1. The van der Waals surface area contributed by atoms with Crippen LogP contribution in [0, 0.1) is 0 Å². The number of anilines is 1. The number of amides is 2. The molecule has 2 aromatic carbocycles. The van der Waals surface area contributed by atoms with Crippen LogP contribution >= 0.6 is 0 Å². The third-order valence-corrected chi connectivity index (χ3v) is 6.13. The lowest BCUT2D eigenvalue weighted by Crippen LogP contribution is -2.39. The van der Waals surface area contributed by atoms with E-state index in [9.17, 15) is 18.0 Å². The van der Waals surface area contributed by atoms with Crippen LogP contribution in [0.5, 0.6) is 5.75 Å². The van der Waals surface area contributed by atoms with Gasteiger partial charge in [0.2, 0.25) is 15.9 Å². The highest BCUT2D eigenvalue weighted by molar-refractivity contribution is 7.89. The van der Waals surface area contributed by atoms with E-state index in [2.05, 4.69) is 10.6 Å². The molecular weight excluding hydrogens is 382 g/mol. The van der Waals surface area contributed by atoms with Gasteiger partial charge in [0.05, 0.1) is 23.2 Å². The molecule has 9 heteroatoms. The highest BCUT2D eigenvalue weighted by Gasteiger charge is 2.26. The van der Waals surface area contributed by atoms with Gasteiger partial charge in [-0.2, -0.15) is 4.31 Å². The number of nitrogens with zero attached hydrogens (tertiary/aromatic N) is 1. The van der Waals surface area contributed by atoms with Crippen LogP contribution < -0.4 is 15.4 Å². The van der Waals surface area contributed by atoms with Crippen molar-refractivity contribution in [1.82, 2.24) is 9.62 Å². The van der Waals surface area contributed by atoms with E-state index in [4.69, 9.17) is 4.74 Å². The molecule has 0 bridgehead atoms. The van der Waals surface area contributed by atoms with Gasteiger partial charge in [-0.25, -0.2) is 8.42 Å². The van der Waals surface area contributed by atoms with Gasteiger partial charge in [-0.1, -0.05) is 30.3 Å². The normalized spacial score (nSPS) is 14.6. The summed E-state index contributed by atoms with van der Waals surface area (Å²) < 4.78 is 31.8. The number of carbonyl (C=O) groups is 2. The Hall–Kier alpha value is -2.91. The first-order valence-corrected chi connectivity index (χ1v) is 10.1. The number of hydrogen-bond donors (Lipinski definition) is 2. The van der Waals surface area contributed by atoms with E-state index >= 15 is 0 Å². The predicted molar refractivity (Wildman–Crippen MR) is 103 cm³/mol. The maximum atomic E-state index is 12.8. The molecule has 1 heterocycles. The van der Waals surface area contributed by atoms with Crippen LogP contribution in [-0.4, -0.2) is 44.7 Å². The van der Waals surface area contributed by atoms with E-state index < -0.39 is 15.9 Å². The maximum Gasteiger partial charge on any atom is 0.262 e. The Labute approximate surface area is 163 Å². The molecule has 0 aliphatic carbocycles. The number of rotatable bonds is 6. The molecule has 0 fully saturated rings. The molecule has 1 aliphatic heterocycles. The number of benzene rings is 2. The second kappa shape index (κ2) is 7.99. The van der Waals surface area contributed by atoms with Gasteiger partial charge in [-0.3, -0.25) is 9.59 Å². The Balaban J connectivity index is 1.69. The molecule has 148 valence electrons. The second-order valence-corrected chi connectivity index (χ2v) is 8.50. The van der Waals surface area contributed by atoms with Crippen molar-refractivity contribution < 1.29 is 22.7 Å². The van der Waals surface area contributed by atoms with Gasteiger partial charge < -0.3 is 15.4 Å². The highest BCUT2D eigenvalue weighted by atomic mass is 32.2. The fraction of sp³-hybridized carbons (Fsp3) is 0.263. The molecule has 1 aliphatic rings. The minimum absolute atomic E-state index is 0.0385. The highest BCUT2D eigenvalue weighted by Crippen LogP contribution is 2.30. The summed E-state index contributed by atoms with van der Waals surface area (Å²) >= 11 is 0. The Morgan fingerprint density at radius 2 is 1.96 bits per heavy atom. The first-order chi connectivity index (χ1) is 13.3. The van der Waals surface area contributed by atoms with Crippen molar-refractivity contribution in [1.29, 1.82) is 0 Å². The van der Waals surface area contributed by atoms with Gasteiger partial charge in [-0.15, -0.1) is 0 Å². The van der Waals surface area contributed by atoms with Crippen molar-refractivity contribution in [2.75, 3.05) is 25.5 Å². The van der Waals surface area contributed by atoms with Crippen molar-refractivity contribution in [2.24, 2.45) is 0 Å². The quantitative estimate of drug-likeness (QED) is 0.761. The molecule has 0 aromatic heterocycles. The van der Waals surface area contributed by atoms with E-state index in [1.165, 1.54) is 25.2 Å². The summed E-state index contributed by atoms with van der Waals surface area (Å²) in [7, 11) is -2.59. The standard InChI is InChI=1S/C19H21N3O5S/c1-13(14-6-4-3-5-7-14)20-18(23)11-22(2)28(25,26)15-8-9-17-16(10-15)21-19(24)12-27-17/h3-10,13H,11-12H2,1-2H3,(H,20,23)(H,21,24). The van der Waals surface area contributed by atoms with Crippen LogP contribution in [0.2, 0.25) is 0 Å². The number of nitrogens with one attached hydrogen (secondary N) is 2. The van der Waals surface area contributed by atoms with Gasteiger partial charge in [0.25, 0.3) is 5.91 Å². The van der Waals surface area contributed by atoms with Crippen LogP contribution in [0.4, 0.5) is 5.69 Å². The zero-order valence-electron chi connectivity index (χ0n) is 15.5. The average Bonchev–Trinajstić information content (AvgIpc) is 2.67. The second-order valence-electron chi connectivity index (χ2n) is 6.46. The van der Waals surface area contributed by atoms with E-state index in [0.717, 1.165) is 9.87 Å². The minimum Gasteiger partial charge on any atom is -0.482 e. The van der Waals surface area contributed by atoms with Gasteiger partial charge >= 0.3 is 0 Å². The zero-order chi connectivity index (χ0) is 20.3. The molecule has 0 radical (unpaired) electrons. The van der Waals surface area contributed by atoms with Gasteiger partial charge in [0.15, 0.2) is 6.61 Å². The van der Waals surface area contributed by atoms with E-state index in [1.54, 1.807) is 0 Å². The van der Waals surface area contributed by atoms with E-state index in [1.807, 2.05) is 37.3 Å². The smallest absolute Gasteiger partial charge is 0.262 e. The molecule has 3 rings (SSSR count). The molecule has 2 amide bonds. The lowest BCUT2D eigenvalue weighted by molar-refractivity contribution is -0.121. The van der Waals surface area contributed by atoms with Crippen molar-refractivity contribution in [3.05, 3.63) is 54.1 Å². The fourth-order valence-corrected chi connectivity index (χ4v) is 3.96. The largest absolute Gasteiger partial charge is 0.482 e. The fourth-order valence-electron chi connectivity index (χ4n) is 2.80. The summed E-state index contributed by atoms with van der Waals surface area (Å²) in [4.78, 5) is 23.7. The summed E-state index contributed by atoms with van der Waals surface area (Å²) in [5, 5.41) is 5.35. The average molecular weight is 403 g/mol. The number of likely N-dealkylation sites (N-methyl/N-ethyl adjacent to an activating group) is 1. The summed E-state index contributed by atoms with van der Waals surface area (Å²) in [6, 6.07) is 13.3. The van der Waals surface area contributed by atoms with Crippen molar-refractivity contribution in [3.8, 4) is 5.75 Å². The third-order valence-electron chi connectivity index (χ3n) is 4.34. The van der Waals surface area contributed by atoms with Crippen LogP contribution in [0.3, 0.4) is 0 Å². The molecule has 0 saturated carbocycles.